The van der Waals surface area contributed by atoms with Crippen molar-refractivity contribution < 1.29 is 4.79 Å². The van der Waals surface area contributed by atoms with Gasteiger partial charge >= 0.3 is 0 Å². The molecule has 2 fully saturated rings. The van der Waals surface area contributed by atoms with Crippen molar-refractivity contribution in [3.8, 4) is 11.3 Å². The monoisotopic (exact) mass is 414 g/mol. The van der Waals surface area contributed by atoms with Crippen molar-refractivity contribution in [3.63, 3.8) is 0 Å². The van der Waals surface area contributed by atoms with E-state index in [1.807, 2.05) is 42.5 Å². The van der Waals surface area contributed by atoms with E-state index in [1.54, 1.807) is 12.4 Å². The van der Waals surface area contributed by atoms with Crippen molar-refractivity contribution in [2.75, 3.05) is 26.2 Å². The quantitative estimate of drug-likeness (QED) is 0.603. The van der Waals surface area contributed by atoms with Crippen molar-refractivity contribution >= 4 is 16.8 Å². The molecule has 2 aliphatic heterocycles. The van der Waals surface area contributed by atoms with E-state index in [0.29, 0.717) is 6.04 Å². The number of nitrogens with zero attached hydrogens (tertiary/aromatic N) is 4. The van der Waals surface area contributed by atoms with E-state index in [1.165, 1.54) is 32.4 Å². The molecule has 0 spiro atoms. The lowest BCUT2D eigenvalue weighted by Crippen LogP contribution is -2.45. The summed E-state index contributed by atoms with van der Waals surface area (Å²) in [5, 5.41) is 0.939. The standard InChI is InChI=1S/C26H30N4O/c31-26(30-17-4-3-7-21(30)12-18-29-15-5-6-16-29)23-19-25(20-10-13-27-14-11-20)28-24-9-2-1-8-22(23)24/h1-2,8-11,13-14,19,21H,3-7,12,15-18H2/t21-/m1/s1. The second-order valence-corrected chi connectivity index (χ2v) is 8.79. The summed E-state index contributed by atoms with van der Waals surface area (Å²) < 4.78 is 0. The van der Waals surface area contributed by atoms with Gasteiger partial charge in [0.2, 0.25) is 0 Å². The molecule has 5 rings (SSSR count). The lowest BCUT2D eigenvalue weighted by atomic mass is 9.96. The molecule has 0 saturated carbocycles. The van der Waals surface area contributed by atoms with Gasteiger partial charge in [-0.05, 0) is 75.9 Å². The lowest BCUT2D eigenvalue weighted by molar-refractivity contribution is 0.0590. The fourth-order valence-corrected chi connectivity index (χ4v) is 5.08. The first-order valence-electron chi connectivity index (χ1n) is 11.6. The molecule has 1 atom stereocenters. The molecule has 2 aliphatic rings. The average Bonchev–Trinajstić information content (AvgIpc) is 3.36. The van der Waals surface area contributed by atoms with Gasteiger partial charge in [0.1, 0.15) is 0 Å². The molecule has 0 unspecified atom stereocenters. The number of carbonyl (C=O) groups excluding carboxylic acids is 1. The number of benzene rings is 1. The Balaban J connectivity index is 1.47. The molecule has 4 heterocycles. The Morgan fingerprint density at radius 2 is 1.74 bits per heavy atom. The summed E-state index contributed by atoms with van der Waals surface area (Å²) >= 11 is 0. The zero-order valence-corrected chi connectivity index (χ0v) is 18.0. The van der Waals surface area contributed by atoms with E-state index >= 15 is 0 Å². The number of rotatable bonds is 5. The first kappa shape index (κ1) is 20.1. The van der Waals surface area contributed by atoms with Crippen LogP contribution in [0.2, 0.25) is 0 Å². The van der Waals surface area contributed by atoms with E-state index in [2.05, 4.69) is 14.8 Å². The molecule has 0 N–H and O–H groups in total. The highest BCUT2D eigenvalue weighted by Crippen LogP contribution is 2.29. The van der Waals surface area contributed by atoms with Crippen LogP contribution in [-0.2, 0) is 0 Å². The van der Waals surface area contributed by atoms with Crippen LogP contribution in [0.3, 0.4) is 0 Å². The number of likely N-dealkylation sites (tertiary alicyclic amines) is 2. The summed E-state index contributed by atoms with van der Waals surface area (Å²) in [5.41, 5.74) is 3.45. The molecule has 0 aliphatic carbocycles. The molecule has 31 heavy (non-hydrogen) atoms. The van der Waals surface area contributed by atoms with Crippen molar-refractivity contribution in [2.45, 2.75) is 44.6 Å². The van der Waals surface area contributed by atoms with Crippen LogP contribution in [0.5, 0.6) is 0 Å². The fraction of sp³-hybridized carbons (Fsp3) is 0.423. The van der Waals surface area contributed by atoms with E-state index < -0.39 is 0 Å². The summed E-state index contributed by atoms with van der Waals surface area (Å²) in [6.07, 6.45) is 10.7. The SMILES string of the molecule is O=C(c1cc(-c2ccncc2)nc2ccccc12)N1CCCC[C@@H]1CCN1CCCC1. The fourth-order valence-electron chi connectivity index (χ4n) is 5.08. The highest BCUT2D eigenvalue weighted by Gasteiger charge is 2.29. The summed E-state index contributed by atoms with van der Waals surface area (Å²) in [6.45, 7) is 4.38. The van der Waals surface area contributed by atoms with Crippen LogP contribution in [-0.4, -0.2) is 57.9 Å². The average molecular weight is 415 g/mol. The Bertz CT molecular complexity index is 1050. The van der Waals surface area contributed by atoms with Crippen LogP contribution < -0.4 is 0 Å². The summed E-state index contributed by atoms with van der Waals surface area (Å²) in [6, 6.07) is 14.2. The van der Waals surface area contributed by atoms with Crippen molar-refractivity contribution in [3.05, 3.63) is 60.4 Å². The predicted molar refractivity (Wildman–Crippen MR) is 124 cm³/mol. The van der Waals surface area contributed by atoms with Crippen molar-refractivity contribution in [1.82, 2.24) is 19.8 Å². The van der Waals surface area contributed by atoms with Gasteiger partial charge in [0.05, 0.1) is 16.8 Å². The Morgan fingerprint density at radius 1 is 0.968 bits per heavy atom. The Hall–Kier alpha value is -2.79. The minimum Gasteiger partial charge on any atom is -0.336 e. The smallest absolute Gasteiger partial charge is 0.254 e. The Kier molecular flexibility index (Phi) is 5.94. The third-order valence-corrected chi connectivity index (χ3v) is 6.79. The highest BCUT2D eigenvalue weighted by molar-refractivity contribution is 6.07. The summed E-state index contributed by atoms with van der Waals surface area (Å²) in [7, 11) is 0. The third kappa shape index (κ3) is 4.33. The first-order chi connectivity index (χ1) is 15.3. The number of hydrogen-bond acceptors (Lipinski definition) is 4. The van der Waals surface area contributed by atoms with Crippen LogP contribution in [0.25, 0.3) is 22.2 Å². The first-order valence-corrected chi connectivity index (χ1v) is 11.6. The number of amides is 1. The maximum Gasteiger partial charge on any atom is 0.254 e. The third-order valence-electron chi connectivity index (χ3n) is 6.79. The van der Waals surface area contributed by atoms with Gasteiger partial charge < -0.3 is 9.80 Å². The van der Waals surface area contributed by atoms with Gasteiger partial charge in [-0.1, -0.05) is 18.2 Å². The molecule has 1 aromatic carbocycles. The largest absolute Gasteiger partial charge is 0.336 e. The van der Waals surface area contributed by atoms with Crippen molar-refractivity contribution in [2.24, 2.45) is 0 Å². The van der Waals surface area contributed by atoms with Gasteiger partial charge in [0, 0.05) is 42.5 Å². The topological polar surface area (TPSA) is 49.3 Å². The highest BCUT2D eigenvalue weighted by atomic mass is 16.2. The van der Waals surface area contributed by atoms with Crippen LogP contribution in [0.1, 0.15) is 48.9 Å². The zero-order chi connectivity index (χ0) is 21.0. The van der Waals surface area contributed by atoms with Gasteiger partial charge in [0.15, 0.2) is 0 Å². The van der Waals surface area contributed by atoms with Gasteiger partial charge in [-0.3, -0.25) is 9.78 Å². The zero-order valence-electron chi connectivity index (χ0n) is 18.0. The number of piperidine rings is 1. The number of para-hydroxylation sites is 1. The minimum atomic E-state index is 0.153. The van der Waals surface area contributed by atoms with Gasteiger partial charge in [-0.15, -0.1) is 0 Å². The molecule has 5 heteroatoms. The molecule has 0 radical (unpaired) electrons. The van der Waals surface area contributed by atoms with Gasteiger partial charge in [0.25, 0.3) is 5.91 Å². The molecule has 5 nitrogen and oxygen atoms in total. The Labute approximate surface area is 184 Å². The number of pyridine rings is 2. The van der Waals surface area contributed by atoms with Gasteiger partial charge in [-0.2, -0.15) is 0 Å². The summed E-state index contributed by atoms with van der Waals surface area (Å²) in [5.74, 6) is 0.153. The maximum absolute atomic E-state index is 13.9. The molecule has 2 aromatic heterocycles. The van der Waals surface area contributed by atoms with E-state index in [4.69, 9.17) is 4.98 Å². The predicted octanol–water partition coefficient (Wildman–Crippen LogP) is 4.78. The number of aromatic nitrogens is 2. The van der Waals surface area contributed by atoms with Crippen LogP contribution in [0, 0.1) is 0 Å². The van der Waals surface area contributed by atoms with E-state index in [0.717, 1.165) is 60.1 Å². The molecule has 160 valence electrons. The number of fused-ring (bicyclic) bond motifs is 1. The normalized spacial score (nSPS) is 19.7. The Morgan fingerprint density at radius 3 is 2.58 bits per heavy atom. The molecule has 0 bridgehead atoms. The number of hydrogen-bond donors (Lipinski definition) is 0. The second kappa shape index (κ2) is 9.15. The minimum absolute atomic E-state index is 0.153. The second-order valence-electron chi connectivity index (χ2n) is 8.79. The van der Waals surface area contributed by atoms with Crippen LogP contribution >= 0.6 is 0 Å². The van der Waals surface area contributed by atoms with Crippen molar-refractivity contribution in [1.29, 1.82) is 0 Å². The van der Waals surface area contributed by atoms with Crippen LogP contribution in [0.15, 0.2) is 54.9 Å². The maximum atomic E-state index is 13.9. The lowest BCUT2D eigenvalue weighted by Gasteiger charge is -2.37. The molecular weight excluding hydrogens is 384 g/mol. The molecular formula is C26H30N4O. The summed E-state index contributed by atoms with van der Waals surface area (Å²) in [4.78, 5) is 27.5. The molecule has 2 saturated heterocycles. The molecule has 3 aromatic rings. The van der Waals surface area contributed by atoms with Crippen LogP contribution in [0.4, 0.5) is 0 Å². The molecule has 1 amide bonds. The van der Waals surface area contributed by atoms with E-state index in [9.17, 15) is 4.79 Å². The van der Waals surface area contributed by atoms with Gasteiger partial charge in [-0.25, -0.2) is 4.98 Å². The van der Waals surface area contributed by atoms with E-state index in [-0.39, 0.29) is 5.91 Å². The number of carbonyl (C=O) groups is 1.